The number of H-pyrrole nitrogens is 1. The molecule has 1 aliphatic rings. The van der Waals surface area contributed by atoms with Gasteiger partial charge in [0.15, 0.2) is 0 Å². The number of halogens is 2. The van der Waals surface area contributed by atoms with Crippen LogP contribution in [0.3, 0.4) is 0 Å². The summed E-state index contributed by atoms with van der Waals surface area (Å²) in [5.74, 6) is -0.376. The summed E-state index contributed by atoms with van der Waals surface area (Å²) in [5.41, 5.74) is 3.20. The van der Waals surface area contributed by atoms with Crippen LogP contribution in [0.25, 0.3) is 10.9 Å². The summed E-state index contributed by atoms with van der Waals surface area (Å²) in [4.78, 5) is 3.19. The fourth-order valence-corrected chi connectivity index (χ4v) is 3.21. The number of benzene rings is 2. The van der Waals surface area contributed by atoms with Gasteiger partial charge < -0.3 is 14.7 Å². The van der Waals surface area contributed by atoms with Gasteiger partial charge in [-0.1, -0.05) is 22.0 Å². The maximum Gasteiger partial charge on any atom is 0.492 e. The summed E-state index contributed by atoms with van der Waals surface area (Å²) < 4.78 is 19.9. The second-order valence-electron chi connectivity index (χ2n) is 5.08. The standard InChI is InChI=1S/C15H10BBrFNO2/c17-8-1-4-14-11(5-8)12(7-19-14)15-10-3-2-9(18)6-13(10)16(20)21-15/h1-7,15,19-20H. The van der Waals surface area contributed by atoms with E-state index in [9.17, 15) is 9.41 Å². The first-order valence-electron chi connectivity index (χ1n) is 6.53. The Bertz CT molecular complexity index is 851. The second-order valence-corrected chi connectivity index (χ2v) is 5.99. The van der Waals surface area contributed by atoms with Crippen LogP contribution in [-0.2, 0) is 4.65 Å². The first kappa shape index (κ1) is 13.1. The van der Waals surface area contributed by atoms with E-state index in [1.807, 2.05) is 24.4 Å². The van der Waals surface area contributed by atoms with Crippen molar-refractivity contribution >= 4 is 39.4 Å². The molecule has 0 saturated heterocycles. The van der Waals surface area contributed by atoms with E-state index in [1.54, 1.807) is 6.07 Å². The number of hydrogen-bond acceptors (Lipinski definition) is 2. The maximum atomic E-state index is 13.3. The molecule has 3 nitrogen and oxygen atoms in total. The molecule has 0 spiro atoms. The molecule has 1 unspecified atom stereocenters. The largest absolute Gasteiger partial charge is 0.492 e. The molecule has 104 valence electrons. The molecule has 0 saturated carbocycles. The maximum absolute atomic E-state index is 13.3. The number of aromatic amines is 1. The predicted octanol–water partition coefficient (Wildman–Crippen LogP) is 2.88. The molecule has 2 heterocycles. The predicted molar refractivity (Wildman–Crippen MR) is 82.9 cm³/mol. The molecule has 0 bridgehead atoms. The van der Waals surface area contributed by atoms with Crippen molar-refractivity contribution in [2.75, 3.05) is 0 Å². The highest BCUT2D eigenvalue weighted by Gasteiger charge is 2.37. The number of nitrogens with one attached hydrogen (secondary N) is 1. The molecule has 1 atom stereocenters. The Labute approximate surface area is 129 Å². The molecule has 0 fully saturated rings. The molecular formula is C15H10BBrFNO2. The third-order valence-corrected chi connectivity index (χ3v) is 4.31. The third-order valence-electron chi connectivity index (χ3n) is 3.82. The molecule has 1 aromatic heterocycles. The monoisotopic (exact) mass is 345 g/mol. The summed E-state index contributed by atoms with van der Waals surface area (Å²) in [7, 11) is -1.10. The van der Waals surface area contributed by atoms with Crippen molar-refractivity contribution < 1.29 is 14.1 Å². The molecule has 6 heteroatoms. The van der Waals surface area contributed by atoms with Gasteiger partial charge in [-0.2, -0.15) is 0 Å². The first-order chi connectivity index (χ1) is 10.1. The molecule has 0 radical (unpaired) electrons. The van der Waals surface area contributed by atoms with E-state index < -0.39 is 13.2 Å². The molecule has 0 amide bonds. The van der Waals surface area contributed by atoms with Crippen LogP contribution < -0.4 is 5.46 Å². The summed E-state index contributed by atoms with van der Waals surface area (Å²) in [6.45, 7) is 0. The lowest BCUT2D eigenvalue weighted by molar-refractivity contribution is 0.228. The van der Waals surface area contributed by atoms with Crippen LogP contribution in [0, 0.1) is 5.82 Å². The van der Waals surface area contributed by atoms with Gasteiger partial charge in [-0.15, -0.1) is 0 Å². The fraction of sp³-hybridized carbons (Fsp3) is 0.0667. The molecule has 0 aliphatic carbocycles. The van der Waals surface area contributed by atoms with Crippen molar-refractivity contribution in [3.05, 3.63) is 64.0 Å². The van der Waals surface area contributed by atoms with Gasteiger partial charge in [0.25, 0.3) is 0 Å². The van der Waals surface area contributed by atoms with Gasteiger partial charge in [0, 0.05) is 27.1 Å². The van der Waals surface area contributed by atoms with E-state index in [0.717, 1.165) is 26.5 Å². The van der Waals surface area contributed by atoms with Gasteiger partial charge >= 0.3 is 7.12 Å². The average Bonchev–Trinajstić information content (AvgIpc) is 3.00. The minimum absolute atomic E-state index is 0.376. The molecular weight excluding hydrogens is 336 g/mol. The van der Waals surface area contributed by atoms with Crippen LogP contribution >= 0.6 is 15.9 Å². The third kappa shape index (κ3) is 2.02. The number of rotatable bonds is 1. The summed E-state index contributed by atoms with van der Waals surface area (Å²) in [5, 5.41) is 11.0. The molecule has 2 N–H and O–H groups in total. The van der Waals surface area contributed by atoms with Crippen LogP contribution in [0.4, 0.5) is 4.39 Å². The number of aromatic nitrogens is 1. The van der Waals surface area contributed by atoms with E-state index >= 15 is 0 Å². The van der Waals surface area contributed by atoms with E-state index in [2.05, 4.69) is 20.9 Å². The Kier molecular flexibility index (Phi) is 2.92. The SMILES string of the molecule is OB1OC(c2c[nH]c3ccc(Br)cc23)c2ccc(F)cc21. The lowest BCUT2D eigenvalue weighted by Gasteiger charge is -2.11. The van der Waals surface area contributed by atoms with Gasteiger partial charge in [-0.25, -0.2) is 4.39 Å². The van der Waals surface area contributed by atoms with Crippen LogP contribution in [0.15, 0.2) is 47.1 Å². The second kappa shape index (κ2) is 4.69. The quantitative estimate of drug-likeness (QED) is 0.666. The van der Waals surface area contributed by atoms with E-state index in [1.165, 1.54) is 12.1 Å². The van der Waals surface area contributed by atoms with Gasteiger partial charge in [0.2, 0.25) is 0 Å². The van der Waals surface area contributed by atoms with Crippen molar-refractivity contribution in [2.45, 2.75) is 6.10 Å². The average molecular weight is 346 g/mol. The minimum atomic E-state index is -1.10. The van der Waals surface area contributed by atoms with Crippen molar-refractivity contribution in [1.29, 1.82) is 0 Å². The molecule has 4 rings (SSSR count). The van der Waals surface area contributed by atoms with E-state index in [0.29, 0.717) is 5.46 Å². The fourth-order valence-electron chi connectivity index (χ4n) is 2.85. The van der Waals surface area contributed by atoms with Crippen molar-refractivity contribution in [3.8, 4) is 0 Å². The van der Waals surface area contributed by atoms with E-state index in [4.69, 9.17) is 4.65 Å². The van der Waals surface area contributed by atoms with Crippen LogP contribution in [0.1, 0.15) is 17.2 Å². The molecule has 1 aliphatic heterocycles. The molecule has 2 aromatic carbocycles. The van der Waals surface area contributed by atoms with Gasteiger partial charge in [0.1, 0.15) is 5.82 Å². The Balaban J connectivity index is 1.89. The lowest BCUT2D eigenvalue weighted by atomic mass is 9.79. The smallest absolute Gasteiger partial charge is 0.423 e. The highest BCUT2D eigenvalue weighted by Crippen LogP contribution is 2.35. The first-order valence-corrected chi connectivity index (χ1v) is 7.32. The Morgan fingerprint density at radius 1 is 1.19 bits per heavy atom. The zero-order valence-electron chi connectivity index (χ0n) is 10.8. The Morgan fingerprint density at radius 3 is 2.90 bits per heavy atom. The number of hydrogen-bond donors (Lipinski definition) is 2. The van der Waals surface area contributed by atoms with Crippen LogP contribution in [-0.4, -0.2) is 17.1 Å². The topological polar surface area (TPSA) is 45.2 Å². The van der Waals surface area contributed by atoms with Crippen molar-refractivity contribution in [2.24, 2.45) is 0 Å². The summed E-state index contributed by atoms with van der Waals surface area (Å²) >= 11 is 3.46. The van der Waals surface area contributed by atoms with Crippen molar-refractivity contribution in [3.63, 3.8) is 0 Å². The molecule has 21 heavy (non-hydrogen) atoms. The normalized spacial score (nSPS) is 17.5. The highest BCUT2D eigenvalue weighted by molar-refractivity contribution is 9.10. The van der Waals surface area contributed by atoms with Gasteiger partial charge in [0.05, 0.1) is 6.10 Å². The number of fused-ring (bicyclic) bond motifs is 2. The summed E-state index contributed by atoms with van der Waals surface area (Å²) in [6, 6.07) is 10.3. The Morgan fingerprint density at radius 2 is 2.05 bits per heavy atom. The van der Waals surface area contributed by atoms with Gasteiger partial charge in [-0.3, -0.25) is 0 Å². The van der Waals surface area contributed by atoms with Crippen LogP contribution in [0.5, 0.6) is 0 Å². The molecule has 3 aromatic rings. The highest BCUT2D eigenvalue weighted by atomic mass is 79.9. The lowest BCUT2D eigenvalue weighted by Crippen LogP contribution is -2.28. The van der Waals surface area contributed by atoms with Gasteiger partial charge in [-0.05, 0) is 41.4 Å². The van der Waals surface area contributed by atoms with E-state index in [-0.39, 0.29) is 5.82 Å². The zero-order chi connectivity index (χ0) is 14.6. The van der Waals surface area contributed by atoms with Crippen LogP contribution in [0.2, 0.25) is 0 Å². The summed E-state index contributed by atoms with van der Waals surface area (Å²) in [6.07, 6.45) is 1.46. The Hall–Kier alpha value is -1.63. The zero-order valence-corrected chi connectivity index (χ0v) is 12.4. The van der Waals surface area contributed by atoms with Crippen molar-refractivity contribution in [1.82, 2.24) is 4.98 Å². The minimum Gasteiger partial charge on any atom is -0.423 e.